The van der Waals surface area contributed by atoms with Gasteiger partial charge in [-0.15, -0.1) is 0 Å². The van der Waals surface area contributed by atoms with Crippen molar-refractivity contribution in [2.75, 3.05) is 6.61 Å². The predicted octanol–water partition coefficient (Wildman–Crippen LogP) is 3.24. The molecule has 0 atom stereocenters. The molecule has 2 N–H and O–H groups in total. The normalized spacial score (nSPS) is 26.2. The van der Waals surface area contributed by atoms with Gasteiger partial charge in [0.05, 0.1) is 18.2 Å². The van der Waals surface area contributed by atoms with Crippen molar-refractivity contribution in [1.29, 1.82) is 5.26 Å². The first-order valence-corrected chi connectivity index (χ1v) is 7.51. The number of nitrogens with one attached hydrogen (secondary N) is 1. The molecule has 1 aliphatic carbocycles. The lowest BCUT2D eigenvalue weighted by molar-refractivity contribution is 0.104. The van der Waals surface area contributed by atoms with Gasteiger partial charge in [-0.25, -0.2) is 0 Å². The number of aliphatic hydroxyl groups excluding tert-OH is 1. The number of nitriles is 1. The number of hydrogen-bond acceptors (Lipinski definition) is 3. The highest BCUT2D eigenvalue weighted by Gasteiger charge is 2.33. The van der Waals surface area contributed by atoms with Crippen LogP contribution in [0.4, 0.5) is 0 Å². The minimum absolute atomic E-state index is 0.160. The third kappa shape index (κ3) is 3.52. The lowest BCUT2D eigenvalue weighted by Gasteiger charge is -2.39. The molecule has 3 nitrogen and oxygen atoms in total. The van der Waals surface area contributed by atoms with E-state index in [-0.39, 0.29) is 12.1 Å². The molecule has 108 valence electrons. The van der Waals surface area contributed by atoms with Crippen molar-refractivity contribution in [1.82, 2.24) is 5.32 Å². The maximum absolute atomic E-state index is 9.72. The fourth-order valence-corrected chi connectivity index (χ4v) is 3.00. The Kier molecular flexibility index (Phi) is 5.04. The largest absolute Gasteiger partial charge is 0.394 e. The van der Waals surface area contributed by atoms with Gasteiger partial charge in [0, 0.05) is 17.1 Å². The summed E-state index contributed by atoms with van der Waals surface area (Å²) in [5.74, 6) is 0.745. The molecule has 4 heteroatoms. The van der Waals surface area contributed by atoms with E-state index in [1.165, 1.54) is 0 Å². The molecule has 0 spiro atoms. The van der Waals surface area contributed by atoms with Gasteiger partial charge < -0.3 is 10.4 Å². The average Bonchev–Trinajstić information content (AvgIpc) is 2.48. The van der Waals surface area contributed by atoms with Gasteiger partial charge in [0.1, 0.15) is 0 Å². The summed E-state index contributed by atoms with van der Waals surface area (Å²) in [6.07, 6.45) is 4.29. The number of aliphatic hydroxyl groups is 1. The third-order valence-electron chi connectivity index (χ3n) is 4.37. The Hall–Kier alpha value is -1.08. The van der Waals surface area contributed by atoms with E-state index >= 15 is 0 Å². The maximum Gasteiger partial charge on any atom is 0.0992 e. The second-order valence-electron chi connectivity index (χ2n) is 5.89. The zero-order valence-corrected chi connectivity index (χ0v) is 12.6. The van der Waals surface area contributed by atoms with Gasteiger partial charge in [0.25, 0.3) is 0 Å². The van der Waals surface area contributed by atoms with Crippen LogP contribution in [-0.2, 0) is 6.54 Å². The first kappa shape index (κ1) is 15.3. The molecule has 1 aliphatic rings. The van der Waals surface area contributed by atoms with E-state index in [0.29, 0.717) is 17.1 Å². The quantitative estimate of drug-likeness (QED) is 0.896. The smallest absolute Gasteiger partial charge is 0.0992 e. The molecule has 1 fully saturated rings. The number of rotatable bonds is 4. The fraction of sp³-hybridized carbons (Fsp3) is 0.562. The Bertz CT molecular complexity index is 502. The molecule has 1 aromatic rings. The van der Waals surface area contributed by atoms with Crippen LogP contribution in [0.5, 0.6) is 0 Å². The van der Waals surface area contributed by atoms with Gasteiger partial charge in [-0.1, -0.05) is 24.6 Å². The molecule has 0 radical (unpaired) electrons. The standard InChI is InChI=1S/C16H21ClN2O/c1-12-4-6-16(11-20,7-5-12)19-10-14-3-2-13(9-18)8-15(14)17/h2-3,8,12,19-20H,4-7,10-11H2,1H3. The Balaban J connectivity index is 2.02. The fourth-order valence-electron chi connectivity index (χ4n) is 2.75. The average molecular weight is 293 g/mol. The molecule has 20 heavy (non-hydrogen) atoms. The van der Waals surface area contributed by atoms with Crippen molar-refractivity contribution in [3.8, 4) is 6.07 Å². The molecule has 0 amide bonds. The number of hydrogen-bond donors (Lipinski definition) is 2. The molecule has 0 heterocycles. The zero-order chi connectivity index (χ0) is 14.6. The molecule has 2 rings (SSSR count). The summed E-state index contributed by atoms with van der Waals surface area (Å²) in [7, 11) is 0. The van der Waals surface area contributed by atoms with Crippen molar-refractivity contribution in [3.05, 3.63) is 34.3 Å². The van der Waals surface area contributed by atoms with E-state index in [4.69, 9.17) is 16.9 Å². The summed E-state index contributed by atoms with van der Waals surface area (Å²) < 4.78 is 0. The SMILES string of the molecule is CC1CCC(CO)(NCc2ccc(C#N)cc2Cl)CC1. The van der Waals surface area contributed by atoms with Gasteiger partial charge in [0.15, 0.2) is 0 Å². The van der Waals surface area contributed by atoms with Crippen LogP contribution in [0.25, 0.3) is 0 Å². The molecule has 0 aliphatic heterocycles. The number of nitrogens with zero attached hydrogens (tertiary/aromatic N) is 1. The van der Waals surface area contributed by atoms with Crippen molar-refractivity contribution in [2.24, 2.45) is 5.92 Å². The topological polar surface area (TPSA) is 56.0 Å². The van der Waals surface area contributed by atoms with Gasteiger partial charge in [-0.3, -0.25) is 0 Å². The molecular weight excluding hydrogens is 272 g/mol. The van der Waals surface area contributed by atoms with Crippen molar-refractivity contribution in [3.63, 3.8) is 0 Å². The Morgan fingerprint density at radius 2 is 2.15 bits per heavy atom. The summed E-state index contributed by atoms with van der Waals surface area (Å²) in [5.41, 5.74) is 1.36. The summed E-state index contributed by atoms with van der Waals surface area (Å²) in [6.45, 7) is 3.05. The van der Waals surface area contributed by atoms with E-state index in [9.17, 15) is 5.11 Å². The van der Waals surface area contributed by atoms with Gasteiger partial charge in [-0.05, 0) is 49.3 Å². The van der Waals surface area contributed by atoms with Crippen LogP contribution in [0.3, 0.4) is 0 Å². The van der Waals surface area contributed by atoms with Crippen LogP contribution in [0, 0.1) is 17.2 Å². The monoisotopic (exact) mass is 292 g/mol. The van der Waals surface area contributed by atoms with Crippen molar-refractivity contribution >= 4 is 11.6 Å². The lowest BCUT2D eigenvalue weighted by atomic mass is 9.77. The Morgan fingerprint density at radius 3 is 2.70 bits per heavy atom. The van der Waals surface area contributed by atoms with Crippen LogP contribution in [0.2, 0.25) is 5.02 Å². The van der Waals surface area contributed by atoms with E-state index in [1.807, 2.05) is 6.07 Å². The van der Waals surface area contributed by atoms with Crippen LogP contribution in [0.15, 0.2) is 18.2 Å². The number of halogens is 1. The summed E-state index contributed by atoms with van der Waals surface area (Å²) in [5, 5.41) is 22.6. The number of benzene rings is 1. The van der Waals surface area contributed by atoms with Crippen LogP contribution < -0.4 is 5.32 Å². The molecule has 0 bridgehead atoms. The van der Waals surface area contributed by atoms with E-state index in [2.05, 4.69) is 18.3 Å². The van der Waals surface area contributed by atoms with Crippen LogP contribution in [0.1, 0.15) is 43.7 Å². The second-order valence-corrected chi connectivity index (χ2v) is 6.30. The maximum atomic E-state index is 9.72. The highest BCUT2D eigenvalue weighted by atomic mass is 35.5. The molecular formula is C16H21ClN2O. The predicted molar refractivity (Wildman–Crippen MR) is 80.5 cm³/mol. The molecule has 0 aromatic heterocycles. The second kappa shape index (κ2) is 6.58. The summed E-state index contributed by atoms with van der Waals surface area (Å²) in [4.78, 5) is 0. The lowest BCUT2D eigenvalue weighted by Crippen LogP contribution is -2.50. The highest BCUT2D eigenvalue weighted by Crippen LogP contribution is 2.32. The minimum atomic E-state index is -0.177. The summed E-state index contributed by atoms with van der Waals surface area (Å²) in [6, 6.07) is 7.42. The molecule has 1 aromatic carbocycles. The Morgan fingerprint density at radius 1 is 1.45 bits per heavy atom. The van der Waals surface area contributed by atoms with E-state index in [0.717, 1.165) is 37.2 Å². The Labute approximate surface area is 125 Å². The van der Waals surface area contributed by atoms with Crippen LogP contribution in [-0.4, -0.2) is 17.3 Å². The summed E-state index contributed by atoms with van der Waals surface area (Å²) >= 11 is 6.18. The molecule has 0 unspecified atom stereocenters. The molecule has 0 saturated heterocycles. The highest BCUT2D eigenvalue weighted by molar-refractivity contribution is 6.31. The third-order valence-corrected chi connectivity index (χ3v) is 4.72. The first-order valence-electron chi connectivity index (χ1n) is 7.13. The van der Waals surface area contributed by atoms with E-state index < -0.39 is 0 Å². The first-order chi connectivity index (χ1) is 9.58. The van der Waals surface area contributed by atoms with Crippen LogP contribution >= 0.6 is 11.6 Å². The molecule has 1 saturated carbocycles. The minimum Gasteiger partial charge on any atom is -0.394 e. The van der Waals surface area contributed by atoms with E-state index in [1.54, 1.807) is 12.1 Å². The van der Waals surface area contributed by atoms with Gasteiger partial charge in [-0.2, -0.15) is 5.26 Å². The van der Waals surface area contributed by atoms with Crippen molar-refractivity contribution < 1.29 is 5.11 Å². The van der Waals surface area contributed by atoms with Gasteiger partial charge >= 0.3 is 0 Å². The van der Waals surface area contributed by atoms with Gasteiger partial charge in [0.2, 0.25) is 0 Å². The van der Waals surface area contributed by atoms with Crippen molar-refractivity contribution in [2.45, 2.75) is 44.7 Å². The zero-order valence-electron chi connectivity index (χ0n) is 11.8.